The molecule has 1 aromatic carbocycles. The van der Waals surface area contributed by atoms with Crippen LogP contribution in [0.1, 0.15) is 31.1 Å². The van der Waals surface area contributed by atoms with E-state index in [0.29, 0.717) is 31.7 Å². The number of benzene rings is 1. The Morgan fingerprint density at radius 1 is 1.00 bits per heavy atom. The van der Waals surface area contributed by atoms with Gasteiger partial charge in [0.1, 0.15) is 0 Å². The molecular formula is C17H24N2O4S. The van der Waals surface area contributed by atoms with Crippen molar-refractivity contribution in [1.82, 2.24) is 9.80 Å². The fourth-order valence-corrected chi connectivity index (χ4v) is 3.30. The normalized spacial score (nSPS) is 16.2. The van der Waals surface area contributed by atoms with E-state index in [1.165, 1.54) is 12.1 Å². The van der Waals surface area contributed by atoms with E-state index in [4.69, 9.17) is 0 Å². The highest BCUT2D eigenvalue weighted by Crippen LogP contribution is 2.20. The highest BCUT2D eigenvalue weighted by Gasteiger charge is 2.31. The second-order valence-electron chi connectivity index (χ2n) is 7.13. The van der Waals surface area contributed by atoms with Crippen LogP contribution in [0.15, 0.2) is 29.2 Å². The Morgan fingerprint density at radius 2 is 1.54 bits per heavy atom. The minimum atomic E-state index is -3.35. The minimum absolute atomic E-state index is 0.0775. The second-order valence-corrected chi connectivity index (χ2v) is 9.15. The van der Waals surface area contributed by atoms with Crippen LogP contribution in [0.4, 0.5) is 0 Å². The van der Waals surface area contributed by atoms with Crippen molar-refractivity contribution in [2.75, 3.05) is 32.4 Å². The van der Waals surface area contributed by atoms with Crippen LogP contribution in [0.2, 0.25) is 0 Å². The topological polar surface area (TPSA) is 74.8 Å². The molecule has 0 spiro atoms. The summed E-state index contributed by atoms with van der Waals surface area (Å²) in [6.45, 7) is 7.52. The standard InChI is InChI=1S/C17H24N2O4S/c1-17(2,3)16(21)19-10-8-18(9-11-19)15(20)13-6-5-7-14(12-13)24(4,22)23/h5-7,12H,8-11H2,1-4H3. The first-order chi connectivity index (χ1) is 11.0. The van der Waals surface area contributed by atoms with Crippen molar-refractivity contribution in [3.63, 3.8) is 0 Å². The molecule has 2 rings (SSSR count). The Balaban J connectivity index is 2.07. The van der Waals surface area contributed by atoms with E-state index in [-0.39, 0.29) is 16.7 Å². The number of piperazine rings is 1. The van der Waals surface area contributed by atoms with Crippen LogP contribution in [0.5, 0.6) is 0 Å². The summed E-state index contributed by atoms with van der Waals surface area (Å²) in [7, 11) is -3.35. The number of sulfone groups is 1. The van der Waals surface area contributed by atoms with Crippen LogP contribution in [0, 0.1) is 5.41 Å². The molecule has 0 atom stereocenters. The molecule has 1 aliphatic heterocycles. The zero-order chi connectivity index (χ0) is 18.1. The molecule has 2 amide bonds. The van der Waals surface area contributed by atoms with Gasteiger partial charge in [-0.15, -0.1) is 0 Å². The second kappa shape index (κ2) is 6.55. The molecular weight excluding hydrogens is 328 g/mol. The quantitative estimate of drug-likeness (QED) is 0.807. The summed E-state index contributed by atoms with van der Waals surface area (Å²) in [5, 5.41) is 0. The maximum absolute atomic E-state index is 12.6. The van der Waals surface area contributed by atoms with Gasteiger partial charge < -0.3 is 9.80 Å². The molecule has 0 aromatic heterocycles. The maximum atomic E-state index is 12.6. The molecule has 0 aliphatic carbocycles. The molecule has 1 heterocycles. The van der Waals surface area contributed by atoms with Gasteiger partial charge in [0.05, 0.1) is 4.90 Å². The molecule has 1 aromatic rings. The molecule has 1 saturated heterocycles. The Kier molecular flexibility index (Phi) is 5.03. The van der Waals surface area contributed by atoms with E-state index in [9.17, 15) is 18.0 Å². The Labute approximate surface area is 143 Å². The van der Waals surface area contributed by atoms with Crippen LogP contribution in [0.3, 0.4) is 0 Å². The van der Waals surface area contributed by atoms with Gasteiger partial charge in [0.2, 0.25) is 5.91 Å². The van der Waals surface area contributed by atoms with Gasteiger partial charge >= 0.3 is 0 Å². The molecule has 24 heavy (non-hydrogen) atoms. The van der Waals surface area contributed by atoms with Crippen LogP contribution in [0.25, 0.3) is 0 Å². The van der Waals surface area contributed by atoms with E-state index in [1.807, 2.05) is 20.8 Å². The smallest absolute Gasteiger partial charge is 0.254 e. The predicted octanol–water partition coefficient (Wildman–Crippen LogP) is 1.42. The first-order valence-corrected chi connectivity index (χ1v) is 9.78. The molecule has 7 heteroatoms. The van der Waals surface area contributed by atoms with Crippen LogP contribution < -0.4 is 0 Å². The van der Waals surface area contributed by atoms with Gasteiger partial charge in [-0.25, -0.2) is 8.42 Å². The highest BCUT2D eigenvalue weighted by molar-refractivity contribution is 7.90. The fourth-order valence-electron chi connectivity index (χ4n) is 2.63. The summed E-state index contributed by atoms with van der Waals surface area (Å²) >= 11 is 0. The Morgan fingerprint density at radius 3 is 2.04 bits per heavy atom. The number of carbonyl (C=O) groups excluding carboxylic acids is 2. The number of carbonyl (C=O) groups is 2. The SMILES string of the molecule is CC(C)(C)C(=O)N1CCN(C(=O)c2cccc(S(C)(=O)=O)c2)CC1. The summed E-state index contributed by atoms with van der Waals surface area (Å²) in [4.78, 5) is 28.4. The number of hydrogen-bond acceptors (Lipinski definition) is 4. The average Bonchev–Trinajstić information content (AvgIpc) is 2.52. The van der Waals surface area contributed by atoms with E-state index in [0.717, 1.165) is 6.26 Å². The zero-order valence-corrected chi connectivity index (χ0v) is 15.4. The molecule has 0 N–H and O–H groups in total. The van der Waals surface area contributed by atoms with Crippen molar-refractivity contribution in [2.45, 2.75) is 25.7 Å². The molecule has 0 radical (unpaired) electrons. The van der Waals surface area contributed by atoms with E-state index in [2.05, 4.69) is 0 Å². The van der Waals surface area contributed by atoms with Crippen LogP contribution >= 0.6 is 0 Å². The van der Waals surface area contributed by atoms with Gasteiger partial charge in [-0.3, -0.25) is 9.59 Å². The van der Waals surface area contributed by atoms with Crippen molar-refractivity contribution in [3.05, 3.63) is 29.8 Å². The zero-order valence-electron chi connectivity index (χ0n) is 14.6. The summed E-state index contributed by atoms with van der Waals surface area (Å²) < 4.78 is 23.3. The lowest BCUT2D eigenvalue weighted by molar-refractivity contribution is -0.140. The van der Waals surface area contributed by atoms with Gasteiger partial charge in [0.15, 0.2) is 9.84 Å². The van der Waals surface area contributed by atoms with Crippen molar-refractivity contribution in [2.24, 2.45) is 5.41 Å². The predicted molar refractivity (Wildman–Crippen MR) is 91.5 cm³/mol. The third-order valence-corrected chi connectivity index (χ3v) is 5.12. The summed E-state index contributed by atoms with van der Waals surface area (Å²) in [6, 6.07) is 6.07. The summed E-state index contributed by atoms with van der Waals surface area (Å²) in [5.74, 6) is -0.128. The van der Waals surface area contributed by atoms with E-state index < -0.39 is 15.3 Å². The molecule has 0 bridgehead atoms. The van der Waals surface area contributed by atoms with Crippen molar-refractivity contribution in [1.29, 1.82) is 0 Å². The van der Waals surface area contributed by atoms with Gasteiger partial charge in [0.25, 0.3) is 5.91 Å². The molecule has 1 fully saturated rings. The summed E-state index contributed by atoms with van der Waals surface area (Å²) in [6.07, 6.45) is 1.12. The lowest BCUT2D eigenvalue weighted by Crippen LogP contribution is -2.53. The monoisotopic (exact) mass is 352 g/mol. The number of hydrogen-bond donors (Lipinski definition) is 0. The van der Waals surface area contributed by atoms with Crippen LogP contribution in [-0.4, -0.2) is 62.5 Å². The van der Waals surface area contributed by atoms with Gasteiger partial charge in [0, 0.05) is 43.4 Å². The van der Waals surface area contributed by atoms with Crippen molar-refractivity contribution in [3.8, 4) is 0 Å². The average molecular weight is 352 g/mol. The Bertz CT molecular complexity index is 742. The minimum Gasteiger partial charge on any atom is -0.339 e. The fraction of sp³-hybridized carbons (Fsp3) is 0.529. The number of amides is 2. The molecule has 6 nitrogen and oxygen atoms in total. The molecule has 0 unspecified atom stereocenters. The number of rotatable bonds is 2. The first-order valence-electron chi connectivity index (χ1n) is 7.89. The van der Waals surface area contributed by atoms with Crippen molar-refractivity contribution >= 4 is 21.7 Å². The van der Waals surface area contributed by atoms with E-state index >= 15 is 0 Å². The molecule has 132 valence electrons. The molecule has 0 saturated carbocycles. The third kappa shape index (κ3) is 4.14. The van der Waals surface area contributed by atoms with Gasteiger partial charge in [-0.1, -0.05) is 26.8 Å². The van der Waals surface area contributed by atoms with Gasteiger partial charge in [-0.05, 0) is 18.2 Å². The Hall–Kier alpha value is -1.89. The molecule has 1 aliphatic rings. The summed E-state index contributed by atoms with van der Waals surface area (Å²) in [5.41, 5.74) is -0.0794. The number of nitrogens with zero attached hydrogens (tertiary/aromatic N) is 2. The lowest BCUT2D eigenvalue weighted by atomic mass is 9.94. The van der Waals surface area contributed by atoms with Crippen LogP contribution in [-0.2, 0) is 14.6 Å². The highest BCUT2D eigenvalue weighted by atomic mass is 32.2. The third-order valence-electron chi connectivity index (χ3n) is 4.00. The lowest BCUT2D eigenvalue weighted by Gasteiger charge is -2.37. The largest absolute Gasteiger partial charge is 0.339 e. The van der Waals surface area contributed by atoms with Crippen molar-refractivity contribution < 1.29 is 18.0 Å². The van der Waals surface area contributed by atoms with E-state index in [1.54, 1.807) is 21.9 Å². The van der Waals surface area contributed by atoms with Gasteiger partial charge in [-0.2, -0.15) is 0 Å². The maximum Gasteiger partial charge on any atom is 0.254 e. The first kappa shape index (κ1) is 18.4.